The number of rotatable bonds is 6. The zero-order valence-electron chi connectivity index (χ0n) is 16.1. The molecular formula is C20H30N4O2. The van der Waals surface area contributed by atoms with Crippen LogP contribution < -0.4 is 0 Å². The van der Waals surface area contributed by atoms with Gasteiger partial charge in [-0.2, -0.15) is 5.10 Å². The van der Waals surface area contributed by atoms with E-state index in [1.165, 1.54) is 19.3 Å². The molecule has 0 N–H and O–H groups in total. The van der Waals surface area contributed by atoms with Gasteiger partial charge in [0, 0.05) is 57.7 Å². The molecular weight excluding hydrogens is 328 g/mol. The van der Waals surface area contributed by atoms with Gasteiger partial charge >= 0.3 is 0 Å². The van der Waals surface area contributed by atoms with Crippen LogP contribution in [0.5, 0.6) is 0 Å². The predicted octanol–water partition coefficient (Wildman–Crippen LogP) is 1.70. The van der Waals surface area contributed by atoms with Gasteiger partial charge in [0.2, 0.25) is 11.8 Å². The summed E-state index contributed by atoms with van der Waals surface area (Å²) in [5, 5.41) is 4.29. The summed E-state index contributed by atoms with van der Waals surface area (Å²) >= 11 is 0. The van der Waals surface area contributed by atoms with Crippen molar-refractivity contribution in [1.29, 1.82) is 0 Å². The van der Waals surface area contributed by atoms with Crippen LogP contribution in [0.4, 0.5) is 0 Å². The number of likely N-dealkylation sites (N-methyl/N-ethyl adjacent to an activating group) is 1. The Kier molecular flexibility index (Phi) is 4.53. The van der Waals surface area contributed by atoms with E-state index >= 15 is 0 Å². The average molecular weight is 358 g/mol. The molecule has 1 unspecified atom stereocenters. The Hall–Kier alpha value is -1.85. The molecule has 1 saturated heterocycles. The summed E-state index contributed by atoms with van der Waals surface area (Å²) in [4.78, 5) is 28.9. The van der Waals surface area contributed by atoms with Crippen molar-refractivity contribution in [3.8, 4) is 0 Å². The molecule has 1 aromatic rings. The monoisotopic (exact) mass is 358 g/mol. The molecule has 142 valence electrons. The third kappa shape index (κ3) is 3.26. The van der Waals surface area contributed by atoms with Gasteiger partial charge in [-0.15, -0.1) is 0 Å². The first-order valence-corrected chi connectivity index (χ1v) is 9.98. The van der Waals surface area contributed by atoms with Gasteiger partial charge in [0.25, 0.3) is 0 Å². The summed E-state index contributed by atoms with van der Waals surface area (Å²) in [7, 11) is 3.76. The first-order valence-electron chi connectivity index (χ1n) is 9.98. The van der Waals surface area contributed by atoms with Crippen LogP contribution in [-0.2, 0) is 23.1 Å². The molecule has 0 bridgehead atoms. The molecule has 2 heterocycles. The summed E-state index contributed by atoms with van der Waals surface area (Å²) in [6.07, 6.45) is 6.67. The number of likely N-dealkylation sites (tertiary alicyclic amines) is 1. The Bertz CT molecular complexity index is 682. The van der Waals surface area contributed by atoms with Crippen LogP contribution in [0.1, 0.15) is 38.3 Å². The average Bonchev–Trinajstić information content (AvgIpc) is 2.91. The second-order valence-electron chi connectivity index (χ2n) is 8.60. The van der Waals surface area contributed by atoms with E-state index in [1.807, 2.05) is 36.2 Å². The van der Waals surface area contributed by atoms with E-state index in [-0.39, 0.29) is 5.91 Å². The Labute approximate surface area is 155 Å². The minimum absolute atomic E-state index is 0.126. The van der Waals surface area contributed by atoms with Gasteiger partial charge in [0.05, 0.1) is 12.1 Å². The summed E-state index contributed by atoms with van der Waals surface area (Å²) in [6, 6.07) is 2.20. The van der Waals surface area contributed by atoms with E-state index in [0.29, 0.717) is 36.1 Å². The maximum absolute atomic E-state index is 12.5. The number of nitrogens with zero attached hydrogens (tertiary/aromatic N) is 4. The van der Waals surface area contributed by atoms with Gasteiger partial charge < -0.3 is 9.80 Å². The molecule has 3 fully saturated rings. The lowest BCUT2D eigenvalue weighted by atomic mass is 9.72. The molecule has 2 saturated carbocycles. The van der Waals surface area contributed by atoms with Crippen molar-refractivity contribution in [1.82, 2.24) is 19.6 Å². The number of amides is 2. The topological polar surface area (TPSA) is 58.4 Å². The van der Waals surface area contributed by atoms with Gasteiger partial charge in [-0.25, -0.2) is 0 Å². The summed E-state index contributed by atoms with van der Waals surface area (Å²) in [6.45, 7) is 3.90. The lowest BCUT2D eigenvalue weighted by Gasteiger charge is -2.35. The maximum atomic E-state index is 12.5. The molecule has 3 atom stereocenters. The molecule has 1 aromatic heterocycles. The van der Waals surface area contributed by atoms with Gasteiger partial charge in [-0.1, -0.05) is 13.3 Å². The fourth-order valence-corrected chi connectivity index (χ4v) is 5.03. The van der Waals surface area contributed by atoms with E-state index in [2.05, 4.69) is 12.0 Å². The molecule has 0 radical (unpaired) electrons. The van der Waals surface area contributed by atoms with Crippen LogP contribution in [0.15, 0.2) is 12.3 Å². The lowest BCUT2D eigenvalue weighted by Crippen LogP contribution is -2.40. The lowest BCUT2D eigenvalue weighted by molar-refractivity contribution is -0.133. The highest BCUT2D eigenvalue weighted by Crippen LogP contribution is 2.49. The zero-order chi connectivity index (χ0) is 18.4. The molecule has 3 aliphatic rings. The fourth-order valence-electron chi connectivity index (χ4n) is 5.03. The molecule has 0 spiro atoms. The molecule has 0 aromatic carbocycles. The van der Waals surface area contributed by atoms with Crippen molar-refractivity contribution in [2.45, 2.75) is 45.1 Å². The van der Waals surface area contributed by atoms with Crippen molar-refractivity contribution in [2.24, 2.45) is 30.7 Å². The second-order valence-corrected chi connectivity index (χ2v) is 8.60. The van der Waals surface area contributed by atoms with Gasteiger partial charge in [-0.3, -0.25) is 14.3 Å². The molecule has 2 aliphatic carbocycles. The first-order chi connectivity index (χ1) is 12.5. The van der Waals surface area contributed by atoms with E-state index in [1.54, 1.807) is 4.68 Å². The number of hydrogen-bond acceptors (Lipinski definition) is 3. The smallest absolute Gasteiger partial charge is 0.228 e. The highest BCUT2D eigenvalue weighted by atomic mass is 16.2. The highest BCUT2D eigenvalue weighted by molar-refractivity contribution is 5.80. The SMILES string of the molecule is CCC1CC(CC(=O)N2C[C@@H]3C(N(C)C(=O)Cc4ccn(C)n4)[C@@H]3C2)C1. The standard InChI is InChI=1S/C20H30N4O2/c1-4-13-7-14(8-13)9-19(26)24-11-16-17(12-24)20(16)23(3)18(25)10-15-5-6-22(2)21-15/h5-6,13-14,16-17,20H,4,7-12H2,1-3H3/t13?,14?,16-,17+,20?. The van der Waals surface area contributed by atoms with E-state index in [9.17, 15) is 9.59 Å². The van der Waals surface area contributed by atoms with Crippen molar-refractivity contribution < 1.29 is 9.59 Å². The second kappa shape index (κ2) is 6.71. The minimum atomic E-state index is 0.126. The number of piperidine rings is 1. The summed E-state index contributed by atoms with van der Waals surface area (Å²) in [5.41, 5.74) is 0.817. The summed E-state index contributed by atoms with van der Waals surface area (Å²) in [5.74, 6) is 2.87. The Morgan fingerprint density at radius 3 is 2.50 bits per heavy atom. The van der Waals surface area contributed by atoms with Crippen LogP contribution in [0.25, 0.3) is 0 Å². The molecule has 26 heavy (non-hydrogen) atoms. The van der Waals surface area contributed by atoms with E-state index < -0.39 is 0 Å². The number of fused-ring (bicyclic) bond motifs is 1. The van der Waals surface area contributed by atoms with Crippen LogP contribution in [0.3, 0.4) is 0 Å². The van der Waals surface area contributed by atoms with Crippen LogP contribution in [-0.4, -0.2) is 57.6 Å². The Morgan fingerprint density at radius 2 is 1.92 bits per heavy atom. The predicted molar refractivity (Wildman–Crippen MR) is 98.2 cm³/mol. The normalized spacial score (nSPS) is 32.1. The largest absolute Gasteiger partial charge is 0.342 e. The fraction of sp³-hybridized carbons (Fsp3) is 0.750. The van der Waals surface area contributed by atoms with Crippen LogP contribution in [0, 0.1) is 23.7 Å². The molecule has 6 nitrogen and oxygen atoms in total. The highest BCUT2D eigenvalue weighted by Gasteiger charge is 2.59. The van der Waals surface area contributed by atoms with Crippen molar-refractivity contribution >= 4 is 11.8 Å². The quantitative estimate of drug-likeness (QED) is 0.778. The first kappa shape index (κ1) is 17.6. The Morgan fingerprint density at radius 1 is 1.23 bits per heavy atom. The third-order valence-electron chi connectivity index (χ3n) is 6.82. The van der Waals surface area contributed by atoms with E-state index in [0.717, 1.165) is 31.1 Å². The van der Waals surface area contributed by atoms with Crippen LogP contribution >= 0.6 is 0 Å². The van der Waals surface area contributed by atoms with Gasteiger partial charge in [0.15, 0.2) is 0 Å². The van der Waals surface area contributed by atoms with Crippen molar-refractivity contribution in [2.75, 3.05) is 20.1 Å². The molecule has 2 amide bonds. The van der Waals surface area contributed by atoms with Crippen molar-refractivity contribution in [3.05, 3.63) is 18.0 Å². The zero-order valence-corrected chi connectivity index (χ0v) is 16.1. The van der Waals surface area contributed by atoms with Gasteiger partial charge in [0.1, 0.15) is 0 Å². The van der Waals surface area contributed by atoms with E-state index in [4.69, 9.17) is 0 Å². The van der Waals surface area contributed by atoms with Crippen molar-refractivity contribution in [3.63, 3.8) is 0 Å². The minimum Gasteiger partial charge on any atom is -0.342 e. The van der Waals surface area contributed by atoms with Crippen LogP contribution in [0.2, 0.25) is 0 Å². The van der Waals surface area contributed by atoms with Gasteiger partial charge in [-0.05, 0) is 30.7 Å². The maximum Gasteiger partial charge on any atom is 0.228 e. The summed E-state index contributed by atoms with van der Waals surface area (Å²) < 4.78 is 1.72. The number of hydrogen-bond donors (Lipinski definition) is 0. The number of carbonyl (C=O) groups is 2. The number of aryl methyl sites for hydroxylation is 1. The number of aromatic nitrogens is 2. The Balaban J connectivity index is 1.22. The number of carbonyl (C=O) groups excluding carboxylic acids is 2. The molecule has 4 rings (SSSR count). The molecule has 1 aliphatic heterocycles. The molecule has 6 heteroatoms. The third-order valence-corrected chi connectivity index (χ3v) is 6.82.